The average molecular weight is 504 g/mol. The van der Waals surface area contributed by atoms with E-state index in [4.69, 9.17) is 23.7 Å². The summed E-state index contributed by atoms with van der Waals surface area (Å²) in [7, 11) is 0. The van der Waals surface area contributed by atoms with Gasteiger partial charge in [-0.25, -0.2) is 0 Å². The summed E-state index contributed by atoms with van der Waals surface area (Å²) in [4.78, 5) is 0. The molecule has 3 aliphatic heterocycles. The first-order valence-electron chi connectivity index (χ1n) is 10.6. The highest BCUT2D eigenvalue weighted by atomic mass is 16.7. The van der Waals surface area contributed by atoms with Crippen molar-refractivity contribution in [1.82, 2.24) is 0 Å². The summed E-state index contributed by atoms with van der Waals surface area (Å²) in [5.74, 6) is 0. The maximum absolute atomic E-state index is 10.6. The molecule has 3 rings (SSSR count). The Kier molecular flexibility index (Phi) is 9.54. The molecule has 200 valence electrons. The van der Waals surface area contributed by atoms with Crippen molar-refractivity contribution in [3.05, 3.63) is 0 Å². The second-order valence-electron chi connectivity index (χ2n) is 8.37. The van der Waals surface area contributed by atoms with Crippen molar-refractivity contribution in [3.63, 3.8) is 0 Å². The zero-order chi connectivity index (χ0) is 25.3. The van der Waals surface area contributed by atoms with Crippen molar-refractivity contribution in [2.45, 2.75) is 92.1 Å². The Bertz CT molecular complexity index is 637. The molecular formula is C18H32O16. The van der Waals surface area contributed by atoms with Gasteiger partial charge in [-0.1, -0.05) is 0 Å². The molecule has 34 heavy (non-hydrogen) atoms. The Hall–Kier alpha value is -0.640. The SMILES string of the molecule is OC[C@H]1O[C@@H](OC[C@H]2O[C@H](O)[C@H](O)[C@@H](O[C@@H]3O[C@H](CO)[C@H](O)[C@H](O)[C@H]3O)[C@@H]2O)[C@H](O)[C@@H](O)[C@H]1O. The Labute approximate surface area is 192 Å². The zero-order valence-electron chi connectivity index (χ0n) is 17.7. The molecule has 15 atom stereocenters. The van der Waals surface area contributed by atoms with Gasteiger partial charge in [0.05, 0.1) is 19.8 Å². The van der Waals surface area contributed by atoms with E-state index in [1.54, 1.807) is 0 Å². The standard InChI is InChI=1S/C18H32O16/c19-1-4-7(21)10(24)12(26)17(32-4)30-3-6-9(23)15(14(28)16(29)31-6)34-18-13(27)11(25)8(22)5(2-20)33-18/h4-29H,1-3H2/t4-,5-,6-,7+,8+,9-,10+,11+,12-,13-,14-,15+,16+,17-,18+/m1/s1. The molecule has 16 nitrogen and oxygen atoms in total. The Morgan fingerprint density at radius 1 is 0.500 bits per heavy atom. The molecule has 0 amide bonds. The molecule has 0 aliphatic carbocycles. The Morgan fingerprint density at radius 2 is 1.00 bits per heavy atom. The van der Waals surface area contributed by atoms with Crippen LogP contribution < -0.4 is 0 Å². The quantitative estimate of drug-likeness (QED) is 0.154. The molecule has 0 unspecified atom stereocenters. The summed E-state index contributed by atoms with van der Waals surface area (Å²) < 4.78 is 26.1. The fourth-order valence-corrected chi connectivity index (χ4v) is 3.94. The van der Waals surface area contributed by atoms with E-state index in [9.17, 15) is 56.2 Å². The number of aliphatic hydroxyl groups excluding tert-OH is 11. The van der Waals surface area contributed by atoms with Crippen molar-refractivity contribution < 1.29 is 79.9 Å². The van der Waals surface area contributed by atoms with Gasteiger partial charge in [0.1, 0.15) is 73.2 Å². The van der Waals surface area contributed by atoms with Crippen LogP contribution in [0.15, 0.2) is 0 Å². The van der Waals surface area contributed by atoms with Gasteiger partial charge in [-0.15, -0.1) is 0 Å². The number of hydrogen-bond acceptors (Lipinski definition) is 16. The lowest BCUT2D eigenvalue weighted by Crippen LogP contribution is -2.65. The van der Waals surface area contributed by atoms with Crippen molar-refractivity contribution in [1.29, 1.82) is 0 Å². The second-order valence-corrected chi connectivity index (χ2v) is 8.37. The minimum Gasteiger partial charge on any atom is -0.394 e. The summed E-state index contributed by atoms with van der Waals surface area (Å²) in [6.45, 7) is -2.06. The third kappa shape index (κ3) is 5.52. The predicted octanol–water partition coefficient (Wildman–Crippen LogP) is -7.57. The average Bonchev–Trinajstić information content (AvgIpc) is 2.82. The van der Waals surface area contributed by atoms with Crippen LogP contribution >= 0.6 is 0 Å². The molecule has 0 radical (unpaired) electrons. The molecule has 3 heterocycles. The van der Waals surface area contributed by atoms with Gasteiger partial charge in [0, 0.05) is 0 Å². The molecule has 0 aromatic carbocycles. The first-order valence-corrected chi connectivity index (χ1v) is 10.6. The molecule has 11 N–H and O–H groups in total. The number of ether oxygens (including phenoxy) is 5. The molecule has 0 spiro atoms. The Balaban J connectivity index is 1.65. The second kappa shape index (κ2) is 11.6. The lowest BCUT2D eigenvalue weighted by molar-refractivity contribution is -0.361. The molecule has 3 saturated heterocycles. The van der Waals surface area contributed by atoms with E-state index in [1.165, 1.54) is 0 Å². The first kappa shape index (κ1) is 27.9. The number of hydrogen-bond donors (Lipinski definition) is 11. The van der Waals surface area contributed by atoms with Gasteiger partial charge in [0.25, 0.3) is 0 Å². The predicted molar refractivity (Wildman–Crippen MR) is 101 cm³/mol. The molecular weight excluding hydrogens is 472 g/mol. The maximum Gasteiger partial charge on any atom is 0.187 e. The van der Waals surface area contributed by atoms with E-state index in [1.807, 2.05) is 0 Å². The van der Waals surface area contributed by atoms with E-state index in [0.717, 1.165) is 0 Å². The minimum atomic E-state index is -1.93. The van der Waals surface area contributed by atoms with Gasteiger partial charge in [-0.2, -0.15) is 0 Å². The third-order valence-electron chi connectivity index (χ3n) is 6.07. The molecule has 0 aromatic rings. The monoisotopic (exact) mass is 504 g/mol. The van der Waals surface area contributed by atoms with E-state index in [-0.39, 0.29) is 0 Å². The largest absolute Gasteiger partial charge is 0.394 e. The molecule has 0 aromatic heterocycles. The van der Waals surface area contributed by atoms with Gasteiger partial charge < -0.3 is 79.9 Å². The zero-order valence-corrected chi connectivity index (χ0v) is 17.7. The van der Waals surface area contributed by atoms with Gasteiger partial charge in [0.15, 0.2) is 18.9 Å². The normalized spacial score (nSPS) is 52.5. The smallest absolute Gasteiger partial charge is 0.187 e. The van der Waals surface area contributed by atoms with Crippen LogP contribution in [0.2, 0.25) is 0 Å². The summed E-state index contributed by atoms with van der Waals surface area (Å²) in [6, 6.07) is 0. The molecule has 16 heteroatoms. The fourth-order valence-electron chi connectivity index (χ4n) is 3.94. The van der Waals surface area contributed by atoms with Gasteiger partial charge in [-0.05, 0) is 0 Å². The summed E-state index contributed by atoms with van der Waals surface area (Å²) >= 11 is 0. The van der Waals surface area contributed by atoms with Gasteiger partial charge in [-0.3, -0.25) is 0 Å². The van der Waals surface area contributed by atoms with Crippen LogP contribution in [0.5, 0.6) is 0 Å². The van der Waals surface area contributed by atoms with Crippen LogP contribution in [0.3, 0.4) is 0 Å². The number of rotatable bonds is 7. The first-order chi connectivity index (χ1) is 16.0. The maximum atomic E-state index is 10.6. The van der Waals surface area contributed by atoms with Crippen molar-refractivity contribution >= 4 is 0 Å². The van der Waals surface area contributed by atoms with E-state index >= 15 is 0 Å². The van der Waals surface area contributed by atoms with Gasteiger partial charge in [0.2, 0.25) is 0 Å². The molecule has 3 aliphatic rings. The highest BCUT2D eigenvalue weighted by Crippen LogP contribution is 2.29. The van der Waals surface area contributed by atoms with Crippen molar-refractivity contribution in [3.8, 4) is 0 Å². The van der Waals surface area contributed by atoms with Crippen LogP contribution in [0.25, 0.3) is 0 Å². The molecule has 0 bridgehead atoms. The lowest BCUT2D eigenvalue weighted by atomic mass is 9.97. The van der Waals surface area contributed by atoms with Gasteiger partial charge >= 0.3 is 0 Å². The van der Waals surface area contributed by atoms with E-state index in [2.05, 4.69) is 0 Å². The van der Waals surface area contributed by atoms with Crippen LogP contribution in [0.1, 0.15) is 0 Å². The summed E-state index contributed by atoms with van der Waals surface area (Å²) in [6.07, 6.45) is -24.9. The summed E-state index contributed by atoms with van der Waals surface area (Å²) in [5.41, 5.74) is 0. The van der Waals surface area contributed by atoms with Crippen LogP contribution in [-0.4, -0.2) is 168 Å². The third-order valence-corrected chi connectivity index (χ3v) is 6.07. The minimum absolute atomic E-state index is 0.609. The van der Waals surface area contributed by atoms with Crippen LogP contribution in [0.4, 0.5) is 0 Å². The van der Waals surface area contributed by atoms with E-state index in [0.29, 0.717) is 0 Å². The summed E-state index contributed by atoms with van der Waals surface area (Å²) in [5, 5.41) is 109. The van der Waals surface area contributed by atoms with Crippen molar-refractivity contribution in [2.75, 3.05) is 19.8 Å². The lowest BCUT2D eigenvalue weighted by Gasteiger charge is -2.45. The van der Waals surface area contributed by atoms with Crippen LogP contribution in [-0.2, 0) is 23.7 Å². The Morgan fingerprint density at radius 3 is 1.53 bits per heavy atom. The van der Waals surface area contributed by atoms with Crippen molar-refractivity contribution in [2.24, 2.45) is 0 Å². The highest BCUT2D eigenvalue weighted by molar-refractivity contribution is 4.94. The fraction of sp³-hybridized carbons (Fsp3) is 1.00. The molecule has 0 saturated carbocycles. The van der Waals surface area contributed by atoms with E-state index < -0.39 is 112 Å². The van der Waals surface area contributed by atoms with Crippen LogP contribution in [0, 0.1) is 0 Å². The number of aliphatic hydroxyl groups is 11. The molecule has 3 fully saturated rings. The topological polar surface area (TPSA) is 269 Å². The highest BCUT2D eigenvalue weighted by Gasteiger charge is 2.51.